The fraction of sp³-hybridized carbons (Fsp3) is 0.600. The molecule has 2 rings (SSSR count). The maximum atomic E-state index is 12.9. The highest BCUT2D eigenvalue weighted by Crippen LogP contribution is 2.32. The highest BCUT2D eigenvalue weighted by atomic mass is 19.4. The minimum Gasteiger partial charge on any atom is -0.299 e. The van der Waals surface area contributed by atoms with Crippen LogP contribution in [0.15, 0.2) is 18.2 Å². The van der Waals surface area contributed by atoms with Crippen molar-refractivity contribution in [2.75, 3.05) is 13.1 Å². The van der Waals surface area contributed by atoms with Crippen molar-refractivity contribution >= 4 is 0 Å². The Hall–Kier alpha value is -1.03. The molecule has 19 heavy (non-hydrogen) atoms. The fourth-order valence-electron chi connectivity index (χ4n) is 2.51. The van der Waals surface area contributed by atoms with Crippen LogP contribution in [0.3, 0.4) is 0 Å². The second-order valence-corrected chi connectivity index (χ2v) is 5.60. The summed E-state index contributed by atoms with van der Waals surface area (Å²) in [5.41, 5.74) is 1.03. The minimum absolute atomic E-state index is 0.111. The summed E-state index contributed by atoms with van der Waals surface area (Å²) < 4.78 is 38.7. The number of alkyl halides is 3. The number of hydrogen-bond donors (Lipinski definition) is 0. The molecule has 0 unspecified atom stereocenters. The first-order chi connectivity index (χ1) is 8.86. The number of hydrogen-bond acceptors (Lipinski definition) is 1. The molecule has 4 heteroatoms. The van der Waals surface area contributed by atoms with Gasteiger partial charge in [-0.3, -0.25) is 4.90 Å². The summed E-state index contributed by atoms with van der Waals surface area (Å²) in [7, 11) is 0. The summed E-state index contributed by atoms with van der Waals surface area (Å²) in [6.45, 7) is 6.47. The van der Waals surface area contributed by atoms with Gasteiger partial charge in [-0.1, -0.05) is 19.9 Å². The van der Waals surface area contributed by atoms with E-state index < -0.39 is 11.7 Å². The average Bonchev–Trinajstić information content (AvgIpc) is 2.80. The molecule has 1 fully saturated rings. The van der Waals surface area contributed by atoms with E-state index >= 15 is 0 Å². The first-order valence-electron chi connectivity index (χ1n) is 6.79. The zero-order valence-corrected chi connectivity index (χ0v) is 11.4. The van der Waals surface area contributed by atoms with E-state index in [0.29, 0.717) is 6.54 Å². The van der Waals surface area contributed by atoms with Gasteiger partial charge in [-0.15, -0.1) is 0 Å². The predicted octanol–water partition coefficient (Wildman–Crippen LogP) is 4.42. The van der Waals surface area contributed by atoms with E-state index in [1.54, 1.807) is 0 Å². The van der Waals surface area contributed by atoms with Gasteiger partial charge >= 0.3 is 6.18 Å². The van der Waals surface area contributed by atoms with Crippen LogP contribution in [0.4, 0.5) is 13.2 Å². The summed E-state index contributed by atoms with van der Waals surface area (Å²) in [5, 5.41) is 0. The third kappa shape index (κ3) is 3.72. The van der Waals surface area contributed by atoms with E-state index in [-0.39, 0.29) is 5.92 Å². The molecule has 0 bridgehead atoms. The van der Waals surface area contributed by atoms with Crippen molar-refractivity contribution in [2.24, 2.45) is 0 Å². The lowest BCUT2D eigenvalue weighted by atomic mass is 9.97. The SMILES string of the molecule is CC(C)c1cc(CN2CCCC2)cc(C(F)(F)F)c1. The van der Waals surface area contributed by atoms with Gasteiger partial charge in [-0.05, 0) is 55.1 Å². The Kier molecular flexibility index (Phi) is 4.19. The number of nitrogens with zero attached hydrogens (tertiary/aromatic N) is 1. The zero-order valence-electron chi connectivity index (χ0n) is 11.4. The van der Waals surface area contributed by atoms with Crippen LogP contribution in [-0.4, -0.2) is 18.0 Å². The first-order valence-corrected chi connectivity index (χ1v) is 6.79. The Morgan fingerprint density at radius 2 is 1.74 bits per heavy atom. The smallest absolute Gasteiger partial charge is 0.299 e. The number of benzene rings is 1. The van der Waals surface area contributed by atoms with Gasteiger partial charge in [0.05, 0.1) is 5.56 Å². The maximum Gasteiger partial charge on any atom is 0.416 e. The topological polar surface area (TPSA) is 3.24 Å². The predicted molar refractivity (Wildman–Crippen MR) is 70.0 cm³/mol. The monoisotopic (exact) mass is 271 g/mol. The molecule has 0 atom stereocenters. The van der Waals surface area contributed by atoms with Crippen LogP contribution in [-0.2, 0) is 12.7 Å². The largest absolute Gasteiger partial charge is 0.416 e. The van der Waals surface area contributed by atoms with Gasteiger partial charge in [0.2, 0.25) is 0 Å². The molecule has 0 amide bonds. The van der Waals surface area contributed by atoms with Gasteiger partial charge < -0.3 is 0 Å². The van der Waals surface area contributed by atoms with Crippen LogP contribution >= 0.6 is 0 Å². The van der Waals surface area contributed by atoms with Crippen molar-refractivity contribution in [1.82, 2.24) is 4.90 Å². The van der Waals surface area contributed by atoms with Gasteiger partial charge in [0, 0.05) is 6.54 Å². The zero-order chi connectivity index (χ0) is 14.0. The molecule has 1 aliphatic heterocycles. The van der Waals surface area contributed by atoms with Gasteiger partial charge in [0.25, 0.3) is 0 Å². The molecule has 0 aliphatic carbocycles. The van der Waals surface area contributed by atoms with Gasteiger partial charge in [0.1, 0.15) is 0 Å². The van der Waals surface area contributed by atoms with E-state index in [2.05, 4.69) is 4.90 Å². The van der Waals surface area contributed by atoms with Crippen molar-refractivity contribution in [3.05, 3.63) is 34.9 Å². The molecule has 1 aliphatic rings. The molecule has 1 aromatic rings. The van der Waals surface area contributed by atoms with E-state index in [1.807, 2.05) is 19.9 Å². The number of likely N-dealkylation sites (tertiary alicyclic amines) is 1. The van der Waals surface area contributed by atoms with Crippen molar-refractivity contribution < 1.29 is 13.2 Å². The summed E-state index contributed by atoms with van der Waals surface area (Å²) >= 11 is 0. The van der Waals surface area contributed by atoms with Crippen molar-refractivity contribution in [2.45, 2.75) is 45.3 Å². The fourth-order valence-corrected chi connectivity index (χ4v) is 2.51. The van der Waals surface area contributed by atoms with Crippen LogP contribution in [0.2, 0.25) is 0 Å². The number of rotatable bonds is 3. The third-order valence-corrected chi connectivity index (χ3v) is 3.61. The summed E-state index contributed by atoms with van der Waals surface area (Å²) in [4.78, 5) is 2.22. The Balaban J connectivity index is 2.28. The Bertz CT molecular complexity index is 432. The Morgan fingerprint density at radius 3 is 2.26 bits per heavy atom. The van der Waals surface area contributed by atoms with Crippen molar-refractivity contribution in [3.63, 3.8) is 0 Å². The van der Waals surface area contributed by atoms with E-state index in [0.717, 1.165) is 37.1 Å². The molecule has 0 aromatic heterocycles. The molecule has 1 aromatic carbocycles. The van der Waals surface area contributed by atoms with Crippen LogP contribution < -0.4 is 0 Å². The van der Waals surface area contributed by atoms with Crippen LogP contribution in [0.25, 0.3) is 0 Å². The van der Waals surface area contributed by atoms with E-state index in [1.165, 1.54) is 12.1 Å². The summed E-state index contributed by atoms with van der Waals surface area (Å²) in [6.07, 6.45) is -1.96. The molecular weight excluding hydrogens is 251 g/mol. The van der Waals surface area contributed by atoms with Gasteiger partial charge in [0.15, 0.2) is 0 Å². The second-order valence-electron chi connectivity index (χ2n) is 5.60. The summed E-state index contributed by atoms with van der Waals surface area (Å²) in [5.74, 6) is 0.111. The highest BCUT2D eigenvalue weighted by molar-refractivity contribution is 5.33. The lowest BCUT2D eigenvalue weighted by molar-refractivity contribution is -0.137. The maximum absolute atomic E-state index is 12.9. The quantitative estimate of drug-likeness (QED) is 0.786. The lowest BCUT2D eigenvalue weighted by Crippen LogP contribution is -2.19. The molecule has 1 saturated heterocycles. The molecule has 0 radical (unpaired) electrons. The molecule has 106 valence electrons. The highest BCUT2D eigenvalue weighted by Gasteiger charge is 2.31. The van der Waals surface area contributed by atoms with Crippen molar-refractivity contribution in [3.8, 4) is 0 Å². The standard InChI is InChI=1S/C15H20F3N/c1-11(2)13-7-12(10-19-5-3-4-6-19)8-14(9-13)15(16,17)18/h7-9,11H,3-6,10H2,1-2H3. The van der Waals surface area contributed by atoms with Gasteiger partial charge in [-0.2, -0.15) is 13.2 Å². The molecule has 0 spiro atoms. The normalized spacial score (nSPS) is 17.4. The van der Waals surface area contributed by atoms with Crippen LogP contribution in [0.1, 0.15) is 49.3 Å². The lowest BCUT2D eigenvalue weighted by Gasteiger charge is -2.18. The average molecular weight is 271 g/mol. The Morgan fingerprint density at radius 1 is 1.11 bits per heavy atom. The number of halogens is 3. The molecular formula is C15H20F3N. The first kappa shape index (κ1) is 14.4. The molecule has 1 heterocycles. The summed E-state index contributed by atoms with van der Waals surface area (Å²) in [6, 6.07) is 4.49. The molecule has 1 nitrogen and oxygen atoms in total. The van der Waals surface area contributed by atoms with Gasteiger partial charge in [-0.25, -0.2) is 0 Å². The Labute approximate surface area is 112 Å². The third-order valence-electron chi connectivity index (χ3n) is 3.61. The van der Waals surface area contributed by atoms with E-state index in [9.17, 15) is 13.2 Å². The molecule has 0 N–H and O–H groups in total. The second kappa shape index (κ2) is 5.53. The van der Waals surface area contributed by atoms with Crippen LogP contribution in [0.5, 0.6) is 0 Å². The van der Waals surface area contributed by atoms with E-state index in [4.69, 9.17) is 0 Å². The van der Waals surface area contributed by atoms with Crippen LogP contribution in [0, 0.1) is 0 Å². The minimum atomic E-state index is -4.26. The molecule has 0 saturated carbocycles. The van der Waals surface area contributed by atoms with Crippen molar-refractivity contribution in [1.29, 1.82) is 0 Å².